The number of rotatable bonds is 7. The fraction of sp³-hybridized carbons (Fsp3) is 0.167. The largest absolute Gasteiger partial charge is 0.478 e. The molecule has 9 heteroatoms. The van der Waals surface area contributed by atoms with E-state index in [9.17, 15) is 14.0 Å². The third kappa shape index (κ3) is 7.46. The number of carbonyl (C=O) groups is 2. The van der Waals surface area contributed by atoms with E-state index in [0.717, 1.165) is 11.6 Å². The molecule has 0 aliphatic carbocycles. The maximum absolute atomic E-state index is 12.5. The van der Waals surface area contributed by atoms with Crippen LogP contribution in [0, 0.1) is 12.7 Å². The summed E-state index contributed by atoms with van der Waals surface area (Å²) in [5.74, 6) is -2.42. The highest BCUT2D eigenvalue weighted by atomic mass is 35.5. The van der Waals surface area contributed by atoms with Crippen LogP contribution in [0.4, 0.5) is 15.8 Å². The van der Waals surface area contributed by atoms with Crippen LogP contribution in [0.1, 0.15) is 33.2 Å². The molecule has 0 bridgehead atoms. The van der Waals surface area contributed by atoms with Crippen LogP contribution in [0.2, 0.25) is 10.0 Å². The van der Waals surface area contributed by atoms with Crippen molar-refractivity contribution in [3.63, 3.8) is 0 Å². The van der Waals surface area contributed by atoms with Crippen molar-refractivity contribution in [2.75, 3.05) is 18.7 Å². The van der Waals surface area contributed by atoms with Crippen LogP contribution in [-0.4, -0.2) is 30.4 Å². The maximum atomic E-state index is 12.5. The van der Waals surface area contributed by atoms with Gasteiger partial charge in [-0.05, 0) is 49.7 Å². The Hall–Kier alpha value is -3.13. The molecular formula is C24H22Cl2FNO5. The van der Waals surface area contributed by atoms with Gasteiger partial charge in [-0.2, -0.15) is 0 Å². The number of hydrogen-bond donors (Lipinski definition) is 2. The van der Waals surface area contributed by atoms with Crippen LogP contribution in [0.25, 0.3) is 0 Å². The van der Waals surface area contributed by atoms with E-state index in [2.05, 4.69) is 5.32 Å². The first-order valence-corrected chi connectivity index (χ1v) is 10.5. The third-order valence-corrected chi connectivity index (χ3v) is 5.07. The van der Waals surface area contributed by atoms with Crippen molar-refractivity contribution in [2.24, 2.45) is 0 Å². The molecular weight excluding hydrogens is 472 g/mol. The molecule has 0 saturated carbocycles. The number of anilines is 2. The predicted molar refractivity (Wildman–Crippen MR) is 126 cm³/mol. The van der Waals surface area contributed by atoms with E-state index in [1.165, 1.54) is 18.2 Å². The molecule has 174 valence electrons. The number of carbonyl (C=O) groups excluding carboxylic acids is 1. The molecule has 3 aromatic rings. The molecule has 0 aliphatic heterocycles. The summed E-state index contributed by atoms with van der Waals surface area (Å²) in [6.45, 7) is 4.09. The number of halogens is 3. The lowest BCUT2D eigenvalue weighted by atomic mass is 10.1. The maximum Gasteiger partial charge on any atom is 0.342 e. The molecule has 0 unspecified atom stereocenters. The molecule has 0 amide bonds. The topological polar surface area (TPSA) is 84.9 Å². The van der Waals surface area contributed by atoms with Gasteiger partial charge in [0.05, 0.1) is 32.5 Å². The summed E-state index contributed by atoms with van der Waals surface area (Å²) in [5, 5.41) is 12.4. The lowest BCUT2D eigenvalue weighted by Crippen LogP contribution is -2.11. The molecule has 3 rings (SSSR count). The van der Waals surface area contributed by atoms with Gasteiger partial charge in [-0.3, -0.25) is 0 Å². The highest BCUT2D eigenvalue weighted by Crippen LogP contribution is 2.36. The van der Waals surface area contributed by atoms with E-state index in [0.29, 0.717) is 33.6 Å². The molecule has 0 spiro atoms. The Balaban J connectivity index is 0.000000321. The molecule has 0 aromatic heterocycles. The van der Waals surface area contributed by atoms with Gasteiger partial charge < -0.3 is 19.9 Å². The smallest absolute Gasteiger partial charge is 0.342 e. The second-order valence-electron chi connectivity index (χ2n) is 6.55. The number of ether oxygens (including phenoxy) is 2. The molecule has 33 heavy (non-hydrogen) atoms. The van der Waals surface area contributed by atoms with Gasteiger partial charge in [0.15, 0.2) is 6.79 Å². The highest BCUT2D eigenvalue weighted by Gasteiger charge is 2.15. The molecule has 3 aromatic carbocycles. The van der Waals surface area contributed by atoms with Crippen LogP contribution in [-0.2, 0) is 9.47 Å². The first-order valence-electron chi connectivity index (χ1n) is 9.79. The Morgan fingerprint density at radius 2 is 1.64 bits per heavy atom. The van der Waals surface area contributed by atoms with E-state index in [1.807, 2.05) is 19.9 Å². The highest BCUT2D eigenvalue weighted by molar-refractivity contribution is 6.39. The molecule has 0 fully saturated rings. The minimum absolute atomic E-state index is 0.0877. The van der Waals surface area contributed by atoms with Crippen LogP contribution in [0.3, 0.4) is 0 Å². The SMILES string of the molecule is CCOCOC(=O)c1ccccc1Nc1c(Cl)ccc(C)c1Cl.O=C(O)c1ccccc1F. The number of hydrogen-bond acceptors (Lipinski definition) is 5. The number of carboxylic acids is 1. The van der Waals surface area contributed by atoms with Crippen molar-refractivity contribution in [1.29, 1.82) is 0 Å². The molecule has 0 aliphatic rings. The fourth-order valence-electron chi connectivity index (χ4n) is 2.57. The molecule has 0 atom stereocenters. The van der Waals surface area contributed by atoms with Gasteiger partial charge in [0.2, 0.25) is 0 Å². The fourth-order valence-corrected chi connectivity index (χ4v) is 3.03. The Morgan fingerprint density at radius 3 is 2.24 bits per heavy atom. The first kappa shape index (κ1) is 26.1. The van der Waals surface area contributed by atoms with E-state index in [4.69, 9.17) is 37.8 Å². The van der Waals surface area contributed by atoms with Gasteiger partial charge in [-0.1, -0.05) is 53.5 Å². The van der Waals surface area contributed by atoms with Gasteiger partial charge in [0, 0.05) is 6.61 Å². The summed E-state index contributed by atoms with van der Waals surface area (Å²) < 4.78 is 22.6. The molecule has 0 saturated heterocycles. The zero-order valence-electron chi connectivity index (χ0n) is 17.9. The van der Waals surface area contributed by atoms with Crippen molar-refractivity contribution in [3.8, 4) is 0 Å². The summed E-state index contributed by atoms with van der Waals surface area (Å²) in [5.41, 5.74) is 2.08. The second-order valence-corrected chi connectivity index (χ2v) is 7.34. The van der Waals surface area contributed by atoms with E-state index >= 15 is 0 Å². The summed E-state index contributed by atoms with van der Waals surface area (Å²) >= 11 is 12.5. The summed E-state index contributed by atoms with van der Waals surface area (Å²) in [6, 6.07) is 15.8. The zero-order valence-corrected chi connectivity index (χ0v) is 19.4. The number of nitrogens with one attached hydrogen (secondary N) is 1. The average molecular weight is 494 g/mol. The Bertz CT molecular complexity index is 1120. The van der Waals surface area contributed by atoms with Gasteiger partial charge in [0.1, 0.15) is 5.82 Å². The Morgan fingerprint density at radius 1 is 1.00 bits per heavy atom. The van der Waals surface area contributed by atoms with Gasteiger partial charge >= 0.3 is 11.9 Å². The number of aromatic carboxylic acids is 1. The number of esters is 1. The molecule has 0 heterocycles. The van der Waals surface area contributed by atoms with Crippen LogP contribution < -0.4 is 5.32 Å². The second kappa shape index (κ2) is 12.8. The predicted octanol–water partition coefficient (Wildman–Crippen LogP) is 6.72. The summed E-state index contributed by atoms with van der Waals surface area (Å²) in [4.78, 5) is 22.3. The number of para-hydroxylation sites is 1. The number of aryl methyl sites for hydroxylation is 1. The van der Waals surface area contributed by atoms with Crippen molar-refractivity contribution in [2.45, 2.75) is 13.8 Å². The van der Waals surface area contributed by atoms with Crippen molar-refractivity contribution in [1.82, 2.24) is 0 Å². The quantitative estimate of drug-likeness (QED) is 0.216. The van der Waals surface area contributed by atoms with Crippen LogP contribution >= 0.6 is 23.2 Å². The Labute approximate surface area is 200 Å². The minimum Gasteiger partial charge on any atom is -0.478 e. The standard InChI is InChI=1S/C17H17Cl2NO3.C7H5FO2/c1-3-22-10-23-17(21)12-6-4-5-7-14(12)20-16-13(18)9-8-11(2)15(16)19;8-6-4-2-1-3-5(6)7(9)10/h4-9,20H,3,10H2,1-2H3;1-4H,(H,9,10). The summed E-state index contributed by atoms with van der Waals surface area (Å²) in [6.07, 6.45) is 0. The van der Waals surface area contributed by atoms with E-state index in [-0.39, 0.29) is 12.4 Å². The Kier molecular flexibility index (Phi) is 10.1. The lowest BCUT2D eigenvalue weighted by molar-refractivity contribution is -0.0273. The van der Waals surface area contributed by atoms with Crippen LogP contribution in [0.5, 0.6) is 0 Å². The van der Waals surface area contributed by atoms with Crippen molar-refractivity contribution in [3.05, 3.63) is 93.2 Å². The van der Waals surface area contributed by atoms with Gasteiger partial charge in [-0.25, -0.2) is 14.0 Å². The summed E-state index contributed by atoms with van der Waals surface area (Å²) in [7, 11) is 0. The van der Waals surface area contributed by atoms with Gasteiger partial charge in [0.25, 0.3) is 0 Å². The minimum atomic E-state index is -1.24. The number of carboxylic acid groups (broad SMARTS) is 1. The zero-order chi connectivity index (χ0) is 24.4. The molecule has 0 radical (unpaired) electrons. The monoisotopic (exact) mass is 493 g/mol. The van der Waals surface area contributed by atoms with Crippen LogP contribution in [0.15, 0.2) is 60.7 Å². The first-order chi connectivity index (χ1) is 15.8. The molecule has 2 N–H and O–H groups in total. The number of benzene rings is 3. The van der Waals surface area contributed by atoms with Crippen molar-refractivity contribution < 1.29 is 28.6 Å². The van der Waals surface area contributed by atoms with Gasteiger partial charge in [-0.15, -0.1) is 0 Å². The normalized spacial score (nSPS) is 10.1. The van der Waals surface area contributed by atoms with E-state index in [1.54, 1.807) is 30.3 Å². The lowest BCUT2D eigenvalue weighted by Gasteiger charge is -2.15. The average Bonchev–Trinajstić information content (AvgIpc) is 2.80. The van der Waals surface area contributed by atoms with E-state index < -0.39 is 17.8 Å². The molecule has 6 nitrogen and oxygen atoms in total. The van der Waals surface area contributed by atoms with Crippen molar-refractivity contribution >= 4 is 46.5 Å². The third-order valence-electron chi connectivity index (χ3n) is 4.27.